The van der Waals surface area contributed by atoms with Crippen molar-refractivity contribution in [3.05, 3.63) is 71.8 Å². The standard InChI is InChI=1S/C18H17NO/c1-2-20-17-10-8-15(9-11-17)18-12-16(13-19-18)14-6-4-3-5-7-14/h3-12H,2,13H2,1H3. The minimum Gasteiger partial charge on any atom is -0.494 e. The molecule has 0 atom stereocenters. The quantitative estimate of drug-likeness (QED) is 0.818. The predicted octanol–water partition coefficient (Wildman–Crippen LogP) is 3.97. The molecule has 2 heteroatoms. The molecular formula is C18H17NO. The molecule has 0 N–H and O–H groups in total. The summed E-state index contributed by atoms with van der Waals surface area (Å²) < 4.78 is 5.46. The van der Waals surface area contributed by atoms with Crippen LogP contribution >= 0.6 is 0 Å². The lowest BCUT2D eigenvalue weighted by Gasteiger charge is -2.03. The van der Waals surface area contributed by atoms with Gasteiger partial charge >= 0.3 is 0 Å². The van der Waals surface area contributed by atoms with Crippen LogP contribution in [0.4, 0.5) is 0 Å². The van der Waals surface area contributed by atoms with Crippen LogP contribution in [0.3, 0.4) is 0 Å². The zero-order chi connectivity index (χ0) is 13.8. The third kappa shape index (κ3) is 2.64. The molecular weight excluding hydrogens is 246 g/mol. The Morgan fingerprint density at radius 3 is 2.40 bits per heavy atom. The summed E-state index contributed by atoms with van der Waals surface area (Å²) in [5, 5.41) is 0. The van der Waals surface area contributed by atoms with Crippen LogP contribution in [0, 0.1) is 0 Å². The van der Waals surface area contributed by atoms with Crippen molar-refractivity contribution in [1.82, 2.24) is 0 Å². The third-order valence-corrected chi connectivity index (χ3v) is 3.34. The second-order valence-electron chi connectivity index (χ2n) is 4.69. The first kappa shape index (κ1) is 12.7. The van der Waals surface area contributed by atoms with Gasteiger partial charge in [-0.15, -0.1) is 0 Å². The van der Waals surface area contributed by atoms with E-state index in [4.69, 9.17) is 4.74 Å². The molecule has 100 valence electrons. The number of aliphatic imine (C=N–C) groups is 1. The van der Waals surface area contributed by atoms with Crippen LogP contribution in [0.2, 0.25) is 0 Å². The number of ether oxygens (including phenoxy) is 1. The summed E-state index contributed by atoms with van der Waals surface area (Å²) >= 11 is 0. The maximum Gasteiger partial charge on any atom is 0.119 e. The maximum absolute atomic E-state index is 5.46. The monoisotopic (exact) mass is 263 g/mol. The number of allylic oxidation sites excluding steroid dienone is 1. The van der Waals surface area contributed by atoms with Crippen molar-refractivity contribution in [3.63, 3.8) is 0 Å². The van der Waals surface area contributed by atoms with Crippen LogP contribution in [-0.2, 0) is 0 Å². The molecule has 1 aliphatic heterocycles. The molecule has 0 amide bonds. The number of nitrogens with zero attached hydrogens (tertiary/aromatic N) is 1. The van der Waals surface area contributed by atoms with E-state index in [1.54, 1.807) is 0 Å². The highest BCUT2D eigenvalue weighted by molar-refractivity contribution is 6.14. The van der Waals surface area contributed by atoms with Gasteiger partial charge < -0.3 is 4.74 Å². The maximum atomic E-state index is 5.46. The van der Waals surface area contributed by atoms with Crippen molar-refractivity contribution in [2.75, 3.05) is 13.2 Å². The van der Waals surface area contributed by atoms with E-state index in [2.05, 4.69) is 47.5 Å². The Morgan fingerprint density at radius 2 is 1.70 bits per heavy atom. The van der Waals surface area contributed by atoms with Gasteiger partial charge in [-0.1, -0.05) is 30.3 Å². The van der Waals surface area contributed by atoms with E-state index in [1.165, 1.54) is 11.1 Å². The lowest BCUT2D eigenvalue weighted by Crippen LogP contribution is -1.95. The minimum atomic E-state index is 0.693. The predicted molar refractivity (Wildman–Crippen MR) is 83.4 cm³/mol. The highest BCUT2D eigenvalue weighted by Crippen LogP contribution is 2.22. The van der Waals surface area contributed by atoms with Crippen molar-refractivity contribution in [3.8, 4) is 5.75 Å². The minimum absolute atomic E-state index is 0.693. The Morgan fingerprint density at radius 1 is 0.950 bits per heavy atom. The van der Waals surface area contributed by atoms with Gasteiger partial charge in [-0.25, -0.2) is 0 Å². The summed E-state index contributed by atoms with van der Waals surface area (Å²) in [6, 6.07) is 18.5. The summed E-state index contributed by atoms with van der Waals surface area (Å²) in [6.07, 6.45) is 2.17. The van der Waals surface area contributed by atoms with Crippen molar-refractivity contribution < 1.29 is 4.74 Å². The lowest BCUT2D eigenvalue weighted by atomic mass is 10.0. The van der Waals surface area contributed by atoms with Crippen molar-refractivity contribution in [2.45, 2.75) is 6.92 Å². The summed E-state index contributed by atoms with van der Waals surface area (Å²) in [5.74, 6) is 0.905. The van der Waals surface area contributed by atoms with E-state index in [0.717, 1.165) is 23.6 Å². The van der Waals surface area contributed by atoms with Crippen molar-refractivity contribution in [1.29, 1.82) is 0 Å². The molecule has 0 saturated heterocycles. The van der Waals surface area contributed by atoms with Crippen molar-refractivity contribution in [2.24, 2.45) is 4.99 Å². The third-order valence-electron chi connectivity index (χ3n) is 3.34. The topological polar surface area (TPSA) is 21.6 Å². The van der Waals surface area contributed by atoms with Gasteiger partial charge in [0.15, 0.2) is 0 Å². The molecule has 2 aromatic rings. The average molecular weight is 263 g/mol. The van der Waals surface area contributed by atoms with Gasteiger partial charge in [0.25, 0.3) is 0 Å². The first-order valence-electron chi connectivity index (χ1n) is 6.90. The summed E-state index contributed by atoms with van der Waals surface area (Å²) in [5.41, 5.74) is 4.71. The van der Waals surface area contributed by atoms with Crippen molar-refractivity contribution >= 4 is 11.3 Å². The number of hydrogen-bond acceptors (Lipinski definition) is 2. The summed E-state index contributed by atoms with van der Waals surface area (Å²) in [4.78, 5) is 4.62. The Hall–Kier alpha value is -2.35. The van der Waals surface area contributed by atoms with Crippen LogP contribution in [0.25, 0.3) is 5.57 Å². The summed E-state index contributed by atoms with van der Waals surface area (Å²) in [7, 11) is 0. The first-order chi connectivity index (χ1) is 9.86. The van der Waals surface area contributed by atoms with Crippen LogP contribution in [-0.4, -0.2) is 18.9 Å². The zero-order valence-electron chi connectivity index (χ0n) is 11.5. The largest absolute Gasteiger partial charge is 0.494 e. The zero-order valence-corrected chi connectivity index (χ0v) is 11.5. The fourth-order valence-corrected chi connectivity index (χ4v) is 2.32. The molecule has 2 nitrogen and oxygen atoms in total. The normalized spacial score (nSPS) is 13.8. The second-order valence-corrected chi connectivity index (χ2v) is 4.69. The van der Waals surface area contributed by atoms with E-state index >= 15 is 0 Å². The van der Waals surface area contributed by atoms with Gasteiger partial charge in [-0.3, -0.25) is 4.99 Å². The molecule has 0 fully saturated rings. The molecule has 0 spiro atoms. The molecule has 1 aliphatic rings. The van der Waals surface area contributed by atoms with E-state index in [0.29, 0.717) is 6.61 Å². The molecule has 0 unspecified atom stereocenters. The molecule has 0 aromatic heterocycles. The summed E-state index contributed by atoms with van der Waals surface area (Å²) in [6.45, 7) is 3.44. The van der Waals surface area contributed by atoms with Crippen LogP contribution < -0.4 is 4.74 Å². The van der Waals surface area contributed by atoms with Crippen LogP contribution in [0.1, 0.15) is 18.1 Å². The second kappa shape index (κ2) is 5.74. The number of hydrogen-bond donors (Lipinski definition) is 0. The van der Waals surface area contributed by atoms with Gasteiger partial charge in [-0.05, 0) is 54.0 Å². The highest BCUT2D eigenvalue weighted by Gasteiger charge is 2.11. The van der Waals surface area contributed by atoms with Gasteiger partial charge in [0.1, 0.15) is 5.75 Å². The highest BCUT2D eigenvalue weighted by atomic mass is 16.5. The lowest BCUT2D eigenvalue weighted by molar-refractivity contribution is 0.340. The molecule has 0 bridgehead atoms. The smallest absolute Gasteiger partial charge is 0.119 e. The van der Waals surface area contributed by atoms with Gasteiger partial charge in [0.05, 0.1) is 18.9 Å². The van der Waals surface area contributed by atoms with E-state index in [1.807, 2.05) is 25.1 Å². The van der Waals surface area contributed by atoms with Gasteiger partial charge in [0, 0.05) is 0 Å². The van der Waals surface area contributed by atoms with E-state index in [9.17, 15) is 0 Å². The molecule has 20 heavy (non-hydrogen) atoms. The Bertz CT molecular complexity index is 639. The molecule has 2 aromatic carbocycles. The molecule has 0 saturated carbocycles. The molecule has 3 rings (SSSR count). The van der Waals surface area contributed by atoms with Gasteiger partial charge in [0.2, 0.25) is 0 Å². The average Bonchev–Trinajstić information content (AvgIpc) is 2.99. The Labute approximate surface area is 119 Å². The number of benzene rings is 2. The first-order valence-corrected chi connectivity index (χ1v) is 6.90. The SMILES string of the molecule is CCOc1ccc(C2=NCC(c3ccccc3)=C2)cc1. The van der Waals surface area contributed by atoms with Crippen LogP contribution in [0.15, 0.2) is 65.7 Å². The molecule has 0 aliphatic carbocycles. The van der Waals surface area contributed by atoms with E-state index < -0.39 is 0 Å². The fraction of sp³-hybridized carbons (Fsp3) is 0.167. The number of rotatable bonds is 4. The Kier molecular flexibility index (Phi) is 3.64. The molecule has 1 heterocycles. The molecule has 0 radical (unpaired) electrons. The Balaban J connectivity index is 1.80. The van der Waals surface area contributed by atoms with Crippen LogP contribution in [0.5, 0.6) is 5.75 Å². The van der Waals surface area contributed by atoms with Gasteiger partial charge in [-0.2, -0.15) is 0 Å². The van der Waals surface area contributed by atoms with E-state index in [-0.39, 0.29) is 0 Å². The fourth-order valence-electron chi connectivity index (χ4n) is 2.32.